The van der Waals surface area contributed by atoms with Crippen molar-refractivity contribution >= 4 is 34.7 Å². The number of allylic oxidation sites excluding steroid dienone is 3. The summed E-state index contributed by atoms with van der Waals surface area (Å²) < 4.78 is 0. The molecule has 4 aromatic carbocycles. The molecular formula is C48H42N4. The van der Waals surface area contributed by atoms with Crippen LogP contribution in [0.4, 0.5) is 0 Å². The van der Waals surface area contributed by atoms with Gasteiger partial charge in [0.2, 0.25) is 0 Å². The van der Waals surface area contributed by atoms with E-state index >= 15 is 0 Å². The summed E-state index contributed by atoms with van der Waals surface area (Å²) >= 11 is 0. The SMILES string of the molecule is CC1=C(c2ccccc2)C2(C)N=C1/C=c1/cc/c([nH]1)=C/C1=NC(=C\C3(c4ccccc4)NC(C)(C(c4ccccc4)=C3C)C2c2ccccc2)/C=C1. The van der Waals surface area contributed by atoms with Gasteiger partial charge in [-0.05, 0) is 115 Å². The van der Waals surface area contributed by atoms with Crippen molar-refractivity contribution in [2.24, 2.45) is 9.98 Å². The zero-order valence-corrected chi connectivity index (χ0v) is 30.1. The smallest absolute Gasteiger partial charge is 0.0934 e. The van der Waals surface area contributed by atoms with Crippen LogP contribution in [0, 0.1) is 0 Å². The van der Waals surface area contributed by atoms with Crippen LogP contribution in [0.25, 0.3) is 23.3 Å². The molecule has 1 aromatic heterocycles. The molecule has 4 nitrogen and oxygen atoms in total. The zero-order chi connectivity index (χ0) is 35.5. The summed E-state index contributed by atoms with van der Waals surface area (Å²) in [6.45, 7) is 9.33. The van der Waals surface area contributed by atoms with Crippen molar-refractivity contribution in [2.45, 2.75) is 50.2 Å². The molecule has 4 aliphatic rings. The van der Waals surface area contributed by atoms with Crippen molar-refractivity contribution in [3.63, 3.8) is 0 Å². The fourth-order valence-electron chi connectivity index (χ4n) is 9.62. The molecule has 0 spiro atoms. The fourth-order valence-corrected chi connectivity index (χ4v) is 9.62. The first kappa shape index (κ1) is 32.1. The zero-order valence-electron chi connectivity index (χ0n) is 30.1. The summed E-state index contributed by atoms with van der Waals surface area (Å²) in [5, 5.41) is 6.45. The molecular weight excluding hydrogens is 633 g/mol. The minimum atomic E-state index is -0.683. The van der Waals surface area contributed by atoms with Crippen molar-refractivity contribution < 1.29 is 0 Å². The standard InChI is InChI=1S/C48H42N4/c1-32-42-30-40-26-25-38(49-40)29-39-27-28-41(50-39)31-48(37-23-15-8-16-24-37)33(2)44(35-19-11-6-12-20-35)47(4,52-48)45(36-21-13-7-14-22-36)46(3,51-42)43(32)34-17-9-5-10-18-34/h5-31,45,49,52H,1-4H3/b38-29-,40-30-,41-31-. The molecule has 8 bridgehead atoms. The first-order valence-electron chi connectivity index (χ1n) is 18.2. The summed E-state index contributed by atoms with van der Waals surface area (Å²) in [6, 6.07) is 48.0. The predicted octanol–water partition coefficient (Wildman–Crippen LogP) is 8.69. The summed E-state index contributed by atoms with van der Waals surface area (Å²) in [6.07, 6.45) is 10.9. The monoisotopic (exact) mass is 674 g/mol. The van der Waals surface area contributed by atoms with Gasteiger partial charge in [0.05, 0.1) is 33.7 Å². The Balaban J connectivity index is 1.44. The number of benzene rings is 4. The number of nitrogens with one attached hydrogen (secondary N) is 2. The highest BCUT2D eigenvalue weighted by molar-refractivity contribution is 6.26. The third-order valence-electron chi connectivity index (χ3n) is 11.6. The van der Waals surface area contributed by atoms with Gasteiger partial charge in [-0.2, -0.15) is 0 Å². The van der Waals surface area contributed by atoms with Crippen LogP contribution in [0.2, 0.25) is 0 Å². The van der Waals surface area contributed by atoms with Crippen molar-refractivity contribution in [2.75, 3.05) is 0 Å². The van der Waals surface area contributed by atoms with E-state index in [2.05, 4.69) is 202 Å². The van der Waals surface area contributed by atoms with Crippen LogP contribution in [0.5, 0.6) is 0 Å². The molecule has 2 N–H and O–H groups in total. The summed E-state index contributed by atoms with van der Waals surface area (Å²) in [4.78, 5) is 14.7. The van der Waals surface area contributed by atoms with Crippen molar-refractivity contribution in [3.05, 3.63) is 201 Å². The average molecular weight is 675 g/mol. The van der Waals surface area contributed by atoms with Crippen LogP contribution in [0.1, 0.15) is 55.9 Å². The van der Waals surface area contributed by atoms with Crippen molar-refractivity contribution in [3.8, 4) is 0 Å². The van der Waals surface area contributed by atoms with Gasteiger partial charge in [-0.3, -0.25) is 10.3 Å². The molecule has 0 radical (unpaired) electrons. The minimum absolute atomic E-state index is 0.148. The summed E-state index contributed by atoms with van der Waals surface area (Å²) in [7, 11) is 0. The molecule has 254 valence electrons. The molecule has 4 aliphatic heterocycles. The Morgan fingerprint density at radius 2 is 1.19 bits per heavy atom. The van der Waals surface area contributed by atoms with Crippen molar-refractivity contribution in [1.29, 1.82) is 0 Å². The van der Waals surface area contributed by atoms with Gasteiger partial charge in [0.1, 0.15) is 0 Å². The molecule has 0 saturated heterocycles. The van der Waals surface area contributed by atoms with Crippen molar-refractivity contribution in [1.82, 2.24) is 10.3 Å². The largest absolute Gasteiger partial charge is 0.355 e. The molecule has 52 heavy (non-hydrogen) atoms. The van der Waals surface area contributed by atoms with E-state index in [9.17, 15) is 0 Å². The predicted molar refractivity (Wildman–Crippen MR) is 216 cm³/mol. The number of aliphatic imine (C=N–C) groups is 2. The Labute approximate surface area is 305 Å². The van der Waals surface area contributed by atoms with Crippen LogP contribution in [0.3, 0.4) is 0 Å². The highest BCUT2D eigenvalue weighted by Crippen LogP contribution is 2.60. The Kier molecular flexibility index (Phi) is 7.49. The number of fused-ring (bicyclic) bond motifs is 6. The van der Waals surface area contributed by atoms with Gasteiger partial charge in [-0.1, -0.05) is 121 Å². The van der Waals surface area contributed by atoms with Crippen LogP contribution >= 0.6 is 0 Å². The number of hydrogen-bond donors (Lipinski definition) is 2. The van der Waals surface area contributed by atoms with Gasteiger partial charge >= 0.3 is 0 Å². The van der Waals surface area contributed by atoms with Crippen LogP contribution in [0.15, 0.2) is 179 Å². The normalized spacial score (nSPS) is 28.8. The lowest BCUT2D eigenvalue weighted by Crippen LogP contribution is -2.57. The van der Waals surface area contributed by atoms with E-state index < -0.39 is 16.6 Å². The number of hydrogen-bond acceptors (Lipinski definition) is 3. The average Bonchev–Trinajstić information content (AvgIpc) is 3.91. The van der Waals surface area contributed by atoms with Crippen LogP contribution < -0.4 is 16.0 Å². The molecule has 4 heteroatoms. The van der Waals surface area contributed by atoms with Gasteiger partial charge in [0, 0.05) is 16.6 Å². The third-order valence-corrected chi connectivity index (χ3v) is 11.6. The number of H-pyrrole nitrogens is 1. The lowest BCUT2D eigenvalue weighted by Gasteiger charge is -2.48. The Morgan fingerprint density at radius 1 is 0.615 bits per heavy atom. The van der Waals surface area contributed by atoms with Gasteiger partial charge in [0.25, 0.3) is 0 Å². The molecule has 0 fully saturated rings. The van der Waals surface area contributed by atoms with E-state index in [1.54, 1.807) is 0 Å². The highest BCUT2D eigenvalue weighted by Gasteiger charge is 2.60. The molecule has 0 amide bonds. The lowest BCUT2D eigenvalue weighted by molar-refractivity contribution is 0.282. The van der Waals surface area contributed by atoms with Gasteiger partial charge < -0.3 is 4.98 Å². The third kappa shape index (κ3) is 5.01. The molecule has 5 heterocycles. The molecule has 4 unspecified atom stereocenters. The molecule has 4 atom stereocenters. The molecule has 5 aromatic rings. The Bertz CT molecular complexity index is 2520. The number of aromatic amines is 1. The number of rotatable bonds is 4. The van der Waals surface area contributed by atoms with E-state index in [1.807, 2.05) is 0 Å². The topological polar surface area (TPSA) is 52.5 Å². The second-order valence-electron chi connectivity index (χ2n) is 14.8. The maximum absolute atomic E-state index is 5.87. The summed E-state index contributed by atoms with van der Waals surface area (Å²) in [5.74, 6) is -0.148. The number of aromatic nitrogens is 1. The second-order valence-corrected chi connectivity index (χ2v) is 14.8. The molecule has 0 aliphatic carbocycles. The maximum atomic E-state index is 5.87. The van der Waals surface area contributed by atoms with E-state index in [-0.39, 0.29) is 5.92 Å². The number of nitrogens with zero attached hydrogens (tertiary/aromatic N) is 2. The van der Waals surface area contributed by atoms with E-state index in [0.717, 1.165) is 27.8 Å². The summed E-state index contributed by atoms with van der Waals surface area (Å²) in [5.41, 5.74) is 10.6. The van der Waals surface area contributed by atoms with Gasteiger partial charge in [0.15, 0.2) is 0 Å². The first-order valence-corrected chi connectivity index (χ1v) is 18.2. The van der Waals surface area contributed by atoms with Gasteiger partial charge in [-0.25, -0.2) is 4.99 Å². The first-order chi connectivity index (χ1) is 25.3. The highest BCUT2D eigenvalue weighted by atomic mass is 15.1. The Morgan fingerprint density at radius 3 is 1.85 bits per heavy atom. The van der Waals surface area contributed by atoms with Crippen LogP contribution in [-0.4, -0.2) is 27.5 Å². The van der Waals surface area contributed by atoms with E-state index in [1.165, 1.54) is 44.5 Å². The maximum Gasteiger partial charge on any atom is 0.0934 e. The van der Waals surface area contributed by atoms with Gasteiger partial charge in [-0.15, -0.1) is 0 Å². The Hall–Kier alpha value is -5.84. The lowest BCUT2D eigenvalue weighted by atomic mass is 9.62. The second kappa shape index (κ2) is 12.1. The fraction of sp³-hybridized carbons (Fsp3) is 0.167. The molecule has 0 saturated carbocycles. The van der Waals surface area contributed by atoms with Crippen LogP contribution in [-0.2, 0) is 5.54 Å². The quantitative estimate of drug-likeness (QED) is 0.197. The minimum Gasteiger partial charge on any atom is -0.355 e. The molecule has 9 rings (SSSR count). The van der Waals surface area contributed by atoms with E-state index in [4.69, 9.17) is 9.98 Å². The van der Waals surface area contributed by atoms with E-state index in [0.29, 0.717) is 0 Å².